The van der Waals surface area contributed by atoms with Gasteiger partial charge in [0.05, 0.1) is 23.8 Å². The fourth-order valence-corrected chi connectivity index (χ4v) is 3.19. The molecule has 0 aliphatic rings. The van der Waals surface area contributed by atoms with E-state index < -0.39 is 16.8 Å². The maximum atomic E-state index is 12.4. The van der Waals surface area contributed by atoms with Gasteiger partial charge in [-0.3, -0.25) is 14.9 Å². The first-order chi connectivity index (χ1) is 17.2. The Hall–Kier alpha value is -4.44. The minimum Gasteiger partial charge on any atom is -0.493 e. The zero-order chi connectivity index (χ0) is 26.2. The monoisotopic (exact) mass is 511 g/mol. The maximum Gasteiger partial charge on any atom is 0.343 e. The zero-order valence-electron chi connectivity index (χ0n) is 19.6. The molecule has 0 aliphatic heterocycles. The molecule has 0 bridgehead atoms. The Morgan fingerprint density at radius 2 is 1.72 bits per heavy atom. The lowest BCUT2D eigenvalue weighted by Crippen LogP contribution is -2.24. The lowest BCUT2D eigenvalue weighted by Gasteiger charge is -2.10. The predicted molar refractivity (Wildman–Crippen MR) is 133 cm³/mol. The summed E-state index contributed by atoms with van der Waals surface area (Å²) < 4.78 is 16.1. The zero-order valence-corrected chi connectivity index (χ0v) is 20.4. The van der Waals surface area contributed by atoms with Crippen molar-refractivity contribution in [2.75, 3.05) is 13.7 Å². The molecular formula is C25H22ClN3O7. The highest BCUT2D eigenvalue weighted by Crippen LogP contribution is 2.29. The Labute approximate surface area is 211 Å². The number of benzene rings is 3. The first-order valence-electron chi connectivity index (χ1n) is 10.5. The van der Waals surface area contributed by atoms with Gasteiger partial charge in [0.2, 0.25) is 0 Å². The first kappa shape index (κ1) is 26.2. The van der Waals surface area contributed by atoms with Crippen molar-refractivity contribution in [2.45, 2.75) is 13.8 Å². The van der Waals surface area contributed by atoms with Gasteiger partial charge in [-0.2, -0.15) is 5.10 Å². The number of carbonyl (C=O) groups excluding carboxylic acids is 2. The Bertz CT molecular complexity index is 1300. The number of hydrogen-bond acceptors (Lipinski definition) is 8. The van der Waals surface area contributed by atoms with Crippen molar-refractivity contribution < 1.29 is 28.7 Å². The molecule has 0 heterocycles. The number of amides is 1. The molecule has 1 N–H and O–H groups in total. The summed E-state index contributed by atoms with van der Waals surface area (Å²) in [6, 6.07) is 13.2. The summed E-state index contributed by atoms with van der Waals surface area (Å²) in [5, 5.41) is 15.3. The van der Waals surface area contributed by atoms with Crippen molar-refractivity contribution in [1.29, 1.82) is 0 Å². The number of halogens is 1. The van der Waals surface area contributed by atoms with Crippen molar-refractivity contribution in [3.05, 3.63) is 92.0 Å². The van der Waals surface area contributed by atoms with Crippen LogP contribution in [0.15, 0.2) is 59.7 Å². The van der Waals surface area contributed by atoms with E-state index in [9.17, 15) is 19.7 Å². The van der Waals surface area contributed by atoms with Crippen LogP contribution in [-0.4, -0.2) is 36.7 Å². The molecule has 0 aliphatic carbocycles. The summed E-state index contributed by atoms with van der Waals surface area (Å²) in [6.45, 7) is 3.46. The van der Waals surface area contributed by atoms with E-state index in [0.29, 0.717) is 16.3 Å². The predicted octanol–water partition coefficient (Wildman–Crippen LogP) is 4.62. The Morgan fingerprint density at radius 3 is 2.33 bits per heavy atom. The molecule has 0 saturated heterocycles. The molecule has 36 heavy (non-hydrogen) atoms. The summed E-state index contributed by atoms with van der Waals surface area (Å²) in [5.74, 6) is -0.251. The van der Waals surface area contributed by atoms with Crippen LogP contribution < -0.4 is 19.6 Å². The molecule has 10 nitrogen and oxygen atoms in total. The number of aryl methyl sites for hydroxylation is 2. The number of methoxy groups -OCH3 is 1. The Kier molecular flexibility index (Phi) is 8.58. The van der Waals surface area contributed by atoms with E-state index in [4.69, 9.17) is 25.8 Å². The van der Waals surface area contributed by atoms with Gasteiger partial charge in [-0.15, -0.1) is 0 Å². The van der Waals surface area contributed by atoms with Crippen LogP contribution in [0, 0.1) is 24.0 Å². The molecule has 11 heteroatoms. The van der Waals surface area contributed by atoms with Crippen LogP contribution in [0.1, 0.15) is 27.0 Å². The molecule has 1 amide bonds. The van der Waals surface area contributed by atoms with Crippen molar-refractivity contribution >= 4 is 35.4 Å². The van der Waals surface area contributed by atoms with Gasteiger partial charge in [-0.25, -0.2) is 10.2 Å². The van der Waals surface area contributed by atoms with Crippen molar-refractivity contribution in [3.8, 4) is 17.2 Å². The highest BCUT2D eigenvalue weighted by atomic mass is 35.5. The van der Waals surface area contributed by atoms with E-state index in [2.05, 4.69) is 10.5 Å². The lowest BCUT2D eigenvalue weighted by atomic mass is 10.1. The third-order valence-corrected chi connectivity index (χ3v) is 5.48. The summed E-state index contributed by atoms with van der Waals surface area (Å²) in [7, 11) is 1.40. The van der Waals surface area contributed by atoms with Gasteiger partial charge in [-0.1, -0.05) is 11.6 Å². The molecule has 0 spiro atoms. The van der Waals surface area contributed by atoms with E-state index in [0.717, 1.165) is 11.1 Å². The molecule has 3 aromatic rings. The largest absolute Gasteiger partial charge is 0.493 e. The minimum atomic E-state index is -0.706. The molecular weight excluding hydrogens is 490 g/mol. The fourth-order valence-electron chi connectivity index (χ4n) is 3.08. The molecule has 3 rings (SSSR count). The minimum absolute atomic E-state index is 0.137. The van der Waals surface area contributed by atoms with Gasteiger partial charge < -0.3 is 14.2 Å². The topological polar surface area (TPSA) is 129 Å². The normalized spacial score (nSPS) is 10.7. The standard InChI is InChI=1S/C25H22ClN3O7/c1-15-10-20(11-16(2)24(15)26)35-14-23(30)28-27-13-17-4-9-21(22(12-17)34-3)36-25(31)18-5-7-19(8-6-18)29(32)33/h4-13H,14H2,1-3H3,(H,28,30)/b27-13+. The van der Waals surface area contributed by atoms with Crippen LogP contribution >= 0.6 is 11.6 Å². The van der Waals surface area contributed by atoms with E-state index >= 15 is 0 Å². The first-order valence-corrected chi connectivity index (χ1v) is 10.9. The number of hydrogen-bond donors (Lipinski definition) is 1. The number of rotatable bonds is 9. The fraction of sp³-hybridized carbons (Fsp3) is 0.160. The number of nitrogens with zero attached hydrogens (tertiary/aromatic N) is 2. The quantitative estimate of drug-likeness (QED) is 0.146. The summed E-state index contributed by atoms with van der Waals surface area (Å²) in [5.41, 5.74) is 4.63. The van der Waals surface area contributed by atoms with Gasteiger partial charge >= 0.3 is 5.97 Å². The average molecular weight is 512 g/mol. The van der Waals surface area contributed by atoms with Gasteiger partial charge in [-0.05, 0) is 73.0 Å². The second-order valence-electron chi connectivity index (χ2n) is 7.56. The molecule has 3 aromatic carbocycles. The average Bonchev–Trinajstić information content (AvgIpc) is 2.86. The van der Waals surface area contributed by atoms with E-state index in [1.807, 2.05) is 13.8 Å². The second-order valence-corrected chi connectivity index (χ2v) is 7.93. The molecule has 0 unspecified atom stereocenters. The smallest absolute Gasteiger partial charge is 0.343 e. The van der Waals surface area contributed by atoms with Gasteiger partial charge in [0, 0.05) is 17.2 Å². The second kappa shape index (κ2) is 11.8. The number of nitro groups is 1. The highest BCUT2D eigenvalue weighted by molar-refractivity contribution is 6.32. The van der Waals surface area contributed by atoms with Gasteiger partial charge in [0.1, 0.15) is 5.75 Å². The van der Waals surface area contributed by atoms with Gasteiger partial charge in [0.15, 0.2) is 18.1 Å². The number of carbonyl (C=O) groups is 2. The molecule has 0 aromatic heterocycles. The molecule has 0 fully saturated rings. The number of hydrazone groups is 1. The molecule has 186 valence electrons. The van der Waals surface area contributed by atoms with E-state index in [-0.39, 0.29) is 29.4 Å². The van der Waals surface area contributed by atoms with Crippen LogP contribution in [0.5, 0.6) is 17.2 Å². The van der Waals surface area contributed by atoms with Crippen LogP contribution in [-0.2, 0) is 4.79 Å². The van der Waals surface area contributed by atoms with Crippen LogP contribution in [0.3, 0.4) is 0 Å². The Morgan fingerprint density at radius 1 is 1.06 bits per heavy atom. The molecule has 0 saturated carbocycles. The molecule has 0 radical (unpaired) electrons. The third kappa shape index (κ3) is 6.80. The van der Waals surface area contributed by atoms with Crippen molar-refractivity contribution in [3.63, 3.8) is 0 Å². The maximum absolute atomic E-state index is 12.4. The number of esters is 1. The molecule has 0 atom stereocenters. The summed E-state index contributed by atoms with van der Waals surface area (Å²) >= 11 is 6.13. The number of nitro benzene ring substituents is 1. The van der Waals surface area contributed by atoms with E-state index in [1.165, 1.54) is 43.7 Å². The SMILES string of the molecule is COc1cc(/C=N/NC(=O)COc2cc(C)c(Cl)c(C)c2)ccc1OC(=O)c1ccc([N+](=O)[O-])cc1. The van der Waals surface area contributed by atoms with Crippen LogP contribution in [0.4, 0.5) is 5.69 Å². The third-order valence-electron chi connectivity index (χ3n) is 4.89. The van der Waals surface area contributed by atoms with E-state index in [1.54, 1.807) is 24.3 Å². The highest BCUT2D eigenvalue weighted by Gasteiger charge is 2.14. The number of ether oxygens (including phenoxy) is 3. The van der Waals surface area contributed by atoms with Crippen LogP contribution in [0.25, 0.3) is 0 Å². The lowest BCUT2D eigenvalue weighted by molar-refractivity contribution is -0.384. The van der Waals surface area contributed by atoms with Crippen molar-refractivity contribution in [2.24, 2.45) is 5.10 Å². The van der Waals surface area contributed by atoms with Crippen molar-refractivity contribution in [1.82, 2.24) is 5.43 Å². The van der Waals surface area contributed by atoms with Gasteiger partial charge in [0.25, 0.3) is 11.6 Å². The summed E-state index contributed by atoms with van der Waals surface area (Å²) in [6.07, 6.45) is 1.39. The Balaban J connectivity index is 1.57. The number of non-ortho nitro benzene ring substituents is 1. The number of nitrogens with one attached hydrogen (secondary N) is 1. The summed E-state index contributed by atoms with van der Waals surface area (Å²) in [4.78, 5) is 34.6. The van der Waals surface area contributed by atoms with Crippen LogP contribution in [0.2, 0.25) is 5.02 Å².